The molecule has 0 aliphatic carbocycles. The number of quaternary nitrogens is 1. The van der Waals surface area contributed by atoms with E-state index in [1.807, 2.05) is 7.05 Å². The van der Waals surface area contributed by atoms with Crippen molar-refractivity contribution in [2.45, 2.75) is 32.2 Å². The molecule has 1 unspecified atom stereocenters. The average molecular weight is 1400 g/mol. The van der Waals surface area contributed by atoms with Gasteiger partial charge in [0.05, 0.1) is 60.2 Å². The summed E-state index contributed by atoms with van der Waals surface area (Å²) >= 11 is 0. The number of nitrogens with zero attached hydrogens (tertiary/aromatic N) is 10. The zero-order valence-corrected chi connectivity index (χ0v) is 57.5. The first-order chi connectivity index (χ1) is 48.5. The second-order valence-corrected chi connectivity index (χ2v) is 24.3. The number of benzene rings is 1. The second-order valence-electron chi connectivity index (χ2n) is 24.3. The smallest absolute Gasteiger partial charge is 0.291 e. The number of imidazole rings is 2. The number of amides is 11. The van der Waals surface area contributed by atoms with Crippen LogP contribution in [0.2, 0.25) is 0 Å². The van der Waals surface area contributed by atoms with Gasteiger partial charge in [-0.25, -0.2) is 9.97 Å². The first-order valence-corrected chi connectivity index (χ1v) is 31.9. The monoisotopic (exact) mass is 1400 g/mol. The maximum atomic E-state index is 13.6. The van der Waals surface area contributed by atoms with E-state index in [-0.39, 0.29) is 98.9 Å². The van der Waals surface area contributed by atoms with E-state index in [4.69, 9.17) is 0 Å². The quantitative estimate of drug-likeness (QED) is 0.0277. The van der Waals surface area contributed by atoms with Crippen molar-refractivity contribution in [2.24, 2.45) is 56.4 Å². The molecule has 2 atom stereocenters. The van der Waals surface area contributed by atoms with Gasteiger partial charge in [-0.1, -0.05) is 12.1 Å². The lowest BCUT2D eigenvalue weighted by molar-refractivity contribution is -0.879. The zero-order valence-electron chi connectivity index (χ0n) is 57.5. The molecule has 8 heterocycles. The topological polar surface area (TPSA) is 430 Å². The summed E-state index contributed by atoms with van der Waals surface area (Å²) in [6.45, 7) is 3.39. The SMILES string of the molecule is CC(=O)N[C@H](CCNC(=O)c1cc(NC(=O)c2cc(NC(=O)c3cc(NC(=O)c4nccn4C)cn3C)cn2C)cn1C)C(=O)Nc1cn(C)c(C(=O)Nc2cc(C(=O)Nc3cc(C(=O)Nc4cc(C(=O)NCCC[NH+](C)CCCNC(=O)c5cccc(C(=O)[O-])c5)n(C)c4)n(C)c3)n(C)c2)n1. The van der Waals surface area contributed by atoms with Gasteiger partial charge in [-0.3, -0.25) is 52.7 Å². The van der Waals surface area contributed by atoms with E-state index in [2.05, 4.69) is 68.5 Å². The largest absolute Gasteiger partial charge is 0.545 e. The minimum absolute atomic E-state index is 0.0389. The van der Waals surface area contributed by atoms with Crippen molar-refractivity contribution < 1.29 is 67.5 Å². The van der Waals surface area contributed by atoms with Gasteiger partial charge in [-0.2, -0.15) is 0 Å². The Morgan fingerprint density at radius 3 is 1.20 bits per heavy atom. The molecule has 534 valence electrons. The van der Waals surface area contributed by atoms with Crippen LogP contribution in [0.1, 0.15) is 131 Å². The van der Waals surface area contributed by atoms with Crippen LogP contribution in [0.4, 0.5) is 39.9 Å². The molecule has 35 heteroatoms. The fraction of sp³-hybridized carbons (Fsp3) is 0.284. The van der Waals surface area contributed by atoms with Gasteiger partial charge in [0.2, 0.25) is 17.6 Å². The number of anilines is 7. The first-order valence-electron chi connectivity index (χ1n) is 31.9. The summed E-state index contributed by atoms with van der Waals surface area (Å²) in [5.41, 5.74) is 3.13. The molecule has 102 heavy (non-hydrogen) atoms. The lowest BCUT2D eigenvalue weighted by Crippen LogP contribution is -3.09. The minimum Gasteiger partial charge on any atom is -0.545 e. The van der Waals surface area contributed by atoms with Gasteiger partial charge in [-0.05, 0) is 60.5 Å². The number of aryl methyl sites for hydroxylation is 8. The third-order valence-electron chi connectivity index (χ3n) is 16.2. The Morgan fingerprint density at radius 1 is 0.431 bits per heavy atom. The van der Waals surface area contributed by atoms with E-state index >= 15 is 0 Å². The number of carboxylic acid groups (broad SMARTS) is 1. The highest BCUT2D eigenvalue weighted by atomic mass is 16.4. The molecule has 0 saturated heterocycles. The lowest BCUT2D eigenvalue weighted by atomic mass is 10.1. The van der Waals surface area contributed by atoms with E-state index in [1.54, 1.807) is 95.5 Å². The average Bonchev–Trinajstić information content (AvgIpc) is 1.68. The summed E-state index contributed by atoms with van der Waals surface area (Å²) in [5, 5.41) is 41.2. The fourth-order valence-corrected chi connectivity index (χ4v) is 11.1. The molecule has 11 amide bonds. The highest BCUT2D eigenvalue weighted by Crippen LogP contribution is 2.24. The predicted molar refractivity (Wildman–Crippen MR) is 371 cm³/mol. The number of nitrogens with one attached hydrogen (secondary N) is 12. The Hall–Kier alpha value is -13.1. The Kier molecular flexibility index (Phi) is 23.0. The van der Waals surface area contributed by atoms with Gasteiger partial charge in [0, 0.05) is 157 Å². The maximum absolute atomic E-state index is 13.6. The number of carbonyl (C=O) groups excluding carboxylic acids is 12. The first kappa shape index (κ1) is 73.2. The molecule has 8 aromatic heterocycles. The number of rotatable bonds is 30. The third-order valence-corrected chi connectivity index (χ3v) is 16.2. The van der Waals surface area contributed by atoms with Crippen molar-refractivity contribution in [3.63, 3.8) is 0 Å². The van der Waals surface area contributed by atoms with Crippen LogP contribution in [-0.4, -0.2) is 163 Å². The van der Waals surface area contributed by atoms with Gasteiger partial charge < -0.3 is 110 Å². The molecule has 0 aliphatic rings. The highest BCUT2D eigenvalue weighted by molar-refractivity contribution is 6.11. The molecule has 9 aromatic rings. The molecular weight excluding hydrogens is 1320 g/mol. The van der Waals surface area contributed by atoms with Gasteiger partial charge in [0.15, 0.2) is 11.6 Å². The summed E-state index contributed by atoms with van der Waals surface area (Å²) in [7, 11) is 14.9. The molecule has 35 nitrogen and oxygen atoms in total. The molecule has 0 aliphatic heterocycles. The van der Waals surface area contributed by atoms with Crippen molar-refractivity contribution in [2.75, 3.05) is 77.0 Å². The van der Waals surface area contributed by atoms with Gasteiger partial charge in [0.1, 0.15) is 40.2 Å². The second kappa shape index (κ2) is 32.1. The standard InChI is InChI=1S/C67H78N22O13/c1-38(90)72-47(16-19-71-60(94)49-26-42(32-84(49)5)74-62(96)51-27-43(33-86(51)7)75-63(97)52-29-45(35-87(52)8)77-65(99)55-68-20-23-82(55)3)58(92)80-54-37-89(10)56(79-54)66(100)78-46-30-53(88(9)36-46)64(98)76-44-28-50(85(6)34-44)61(95)73-41-25-48(83(4)31-41)59(93)70-18-13-22-81(2)21-12-17-69-57(91)39-14-11-15-40(24-39)67(101)102/h11,14-15,20,23-37,47H,12-13,16-19,21-22H2,1-10H3,(H,69,91)(H,70,93)(H,71,94)(H,72,90)(H,73,95)(H,74,96)(H,75,97)(H,76,98)(H,77,99)(H,78,100)(H,80,92)(H,101,102)/t47-/m1/s1. The summed E-state index contributed by atoms with van der Waals surface area (Å²) < 4.78 is 12.0. The van der Waals surface area contributed by atoms with Crippen molar-refractivity contribution in [1.29, 1.82) is 0 Å². The van der Waals surface area contributed by atoms with E-state index in [0.717, 1.165) is 13.1 Å². The van der Waals surface area contributed by atoms with Gasteiger partial charge in [-0.15, -0.1) is 0 Å². The molecule has 0 spiro atoms. The van der Waals surface area contributed by atoms with E-state index in [0.29, 0.717) is 48.7 Å². The Labute approximate surface area is 583 Å². The normalized spacial score (nSPS) is 11.6. The van der Waals surface area contributed by atoms with Crippen LogP contribution >= 0.6 is 0 Å². The number of hydrogen-bond donors (Lipinski definition) is 12. The lowest BCUT2D eigenvalue weighted by Gasteiger charge is -2.17. The number of aromatic carboxylic acids is 1. The molecule has 0 fully saturated rings. The summed E-state index contributed by atoms with van der Waals surface area (Å²) in [5.74, 6) is -7.19. The highest BCUT2D eigenvalue weighted by Gasteiger charge is 2.26. The molecule has 1 aromatic carbocycles. The van der Waals surface area contributed by atoms with E-state index in [1.165, 1.54) is 126 Å². The third kappa shape index (κ3) is 18.4. The predicted octanol–water partition coefficient (Wildman–Crippen LogP) is 0.780. The molecule has 0 radical (unpaired) electrons. The number of hydrogen-bond acceptors (Lipinski definition) is 15. The number of carboxylic acids is 1. The van der Waals surface area contributed by atoms with Crippen LogP contribution in [-0.2, 0) is 66.0 Å². The van der Waals surface area contributed by atoms with Crippen molar-refractivity contribution >= 4 is 111 Å². The molecule has 0 bridgehead atoms. The van der Waals surface area contributed by atoms with Crippen LogP contribution in [0, 0.1) is 0 Å². The zero-order chi connectivity index (χ0) is 73.8. The van der Waals surface area contributed by atoms with Gasteiger partial charge >= 0.3 is 0 Å². The van der Waals surface area contributed by atoms with Gasteiger partial charge in [0.25, 0.3) is 53.2 Å². The van der Waals surface area contributed by atoms with E-state index in [9.17, 15) is 62.6 Å². The van der Waals surface area contributed by atoms with Crippen molar-refractivity contribution in [3.8, 4) is 0 Å². The molecule has 0 saturated carbocycles. The van der Waals surface area contributed by atoms with Crippen LogP contribution in [0.3, 0.4) is 0 Å². The van der Waals surface area contributed by atoms with Crippen LogP contribution in [0.25, 0.3) is 0 Å². The summed E-state index contributed by atoms with van der Waals surface area (Å²) in [4.78, 5) is 166. The Morgan fingerprint density at radius 2 is 0.804 bits per heavy atom. The Bertz CT molecular complexity index is 4740. The maximum Gasteiger partial charge on any atom is 0.291 e. The van der Waals surface area contributed by atoms with Crippen molar-refractivity contribution in [1.82, 2.24) is 67.8 Å². The summed E-state index contributed by atoms with van der Waals surface area (Å²) in [6, 6.07) is 13.3. The molecule has 12 N–H and O–H groups in total. The number of aromatic nitrogens is 10. The van der Waals surface area contributed by atoms with Crippen molar-refractivity contribution in [3.05, 3.63) is 173 Å². The number of carbonyl (C=O) groups is 12. The van der Waals surface area contributed by atoms with Crippen LogP contribution < -0.4 is 68.5 Å². The fourth-order valence-electron chi connectivity index (χ4n) is 11.1. The Balaban J connectivity index is 0.697. The van der Waals surface area contributed by atoms with E-state index < -0.39 is 65.2 Å². The van der Waals surface area contributed by atoms with Crippen LogP contribution in [0.15, 0.2) is 116 Å². The van der Waals surface area contributed by atoms with Crippen LogP contribution in [0.5, 0.6) is 0 Å². The molecular formula is C67H78N22O13. The minimum atomic E-state index is -1.36. The molecule has 9 rings (SSSR count). The summed E-state index contributed by atoms with van der Waals surface area (Å²) in [6.07, 6.45) is 15.0.